The van der Waals surface area contributed by atoms with Gasteiger partial charge in [-0.3, -0.25) is 4.79 Å². The summed E-state index contributed by atoms with van der Waals surface area (Å²) in [6.45, 7) is 1.58. The van der Waals surface area contributed by atoms with Gasteiger partial charge in [0.25, 0.3) is 0 Å². The molecular formula is C16H18ClNO2. The van der Waals surface area contributed by atoms with Gasteiger partial charge in [0.15, 0.2) is 5.78 Å². The largest absolute Gasteiger partial charge is 0.485 e. The van der Waals surface area contributed by atoms with E-state index >= 15 is 0 Å². The minimum atomic E-state index is -0.118. The molecule has 0 spiro atoms. The van der Waals surface area contributed by atoms with Gasteiger partial charge in [-0.15, -0.1) is 0 Å². The lowest BCUT2D eigenvalue weighted by atomic mass is 10.0. The maximum atomic E-state index is 11.7. The summed E-state index contributed by atoms with van der Waals surface area (Å²) in [5.74, 6) is 0.714. The molecule has 0 amide bonds. The van der Waals surface area contributed by atoms with E-state index in [-0.39, 0.29) is 11.9 Å². The molecule has 2 rings (SSSR count). The van der Waals surface area contributed by atoms with Crippen LogP contribution in [0.1, 0.15) is 25.0 Å². The van der Waals surface area contributed by atoms with Gasteiger partial charge in [0.2, 0.25) is 0 Å². The Morgan fingerprint density at radius 3 is 2.55 bits per heavy atom. The first-order valence-electron chi connectivity index (χ1n) is 6.48. The second-order valence-electron chi connectivity index (χ2n) is 5.04. The predicted molar refractivity (Wildman–Crippen MR) is 80.4 cm³/mol. The number of halogens is 1. The van der Waals surface area contributed by atoms with Crippen molar-refractivity contribution >= 4 is 17.4 Å². The highest BCUT2D eigenvalue weighted by Gasteiger charge is 2.28. The molecule has 0 saturated heterocycles. The zero-order valence-electron chi connectivity index (χ0n) is 11.9. The van der Waals surface area contributed by atoms with Crippen molar-refractivity contribution in [2.24, 2.45) is 0 Å². The van der Waals surface area contributed by atoms with Crippen molar-refractivity contribution < 1.29 is 9.53 Å². The highest BCUT2D eigenvalue weighted by molar-refractivity contribution is 6.30. The second kappa shape index (κ2) is 6.14. The molecule has 1 unspecified atom stereocenters. The summed E-state index contributed by atoms with van der Waals surface area (Å²) in [4.78, 5) is 13.6. The van der Waals surface area contributed by atoms with Gasteiger partial charge in [0, 0.05) is 37.3 Å². The van der Waals surface area contributed by atoms with E-state index in [1.165, 1.54) is 0 Å². The Hall–Kier alpha value is -1.74. The van der Waals surface area contributed by atoms with E-state index in [0.29, 0.717) is 17.2 Å². The average molecular weight is 292 g/mol. The summed E-state index contributed by atoms with van der Waals surface area (Å²) in [5, 5.41) is 0.694. The van der Waals surface area contributed by atoms with E-state index in [2.05, 4.69) is 0 Å². The third-order valence-electron chi connectivity index (χ3n) is 3.15. The van der Waals surface area contributed by atoms with Gasteiger partial charge in [0.1, 0.15) is 11.9 Å². The number of ketones is 1. The number of hydrogen-bond donors (Lipinski definition) is 0. The van der Waals surface area contributed by atoms with Crippen LogP contribution in [0.15, 0.2) is 47.9 Å². The van der Waals surface area contributed by atoms with Crippen LogP contribution in [-0.2, 0) is 9.53 Å². The van der Waals surface area contributed by atoms with Gasteiger partial charge in [0.05, 0.1) is 0 Å². The van der Waals surface area contributed by atoms with Crippen LogP contribution in [0.25, 0.3) is 0 Å². The predicted octanol–water partition coefficient (Wildman–Crippen LogP) is 3.72. The van der Waals surface area contributed by atoms with Crippen molar-refractivity contribution in [3.8, 4) is 0 Å². The quantitative estimate of drug-likeness (QED) is 0.847. The summed E-state index contributed by atoms with van der Waals surface area (Å²) in [6.07, 6.45) is 4.20. The minimum Gasteiger partial charge on any atom is -0.485 e. The number of ether oxygens (including phenoxy) is 1. The number of carbonyl (C=O) groups excluding carboxylic acids is 1. The first-order chi connectivity index (χ1) is 9.47. The molecule has 0 radical (unpaired) electrons. The fourth-order valence-electron chi connectivity index (χ4n) is 2.09. The third-order valence-corrected chi connectivity index (χ3v) is 3.40. The Kier molecular flexibility index (Phi) is 4.50. The monoisotopic (exact) mass is 291 g/mol. The summed E-state index contributed by atoms with van der Waals surface area (Å²) in [5.41, 5.74) is 1.77. The number of benzene rings is 1. The number of nitrogens with zero attached hydrogens (tertiary/aromatic N) is 1. The van der Waals surface area contributed by atoms with Crippen molar-refractivity contribution in [2.45, 2.75) is 19.4 Å². The zero-order valence-corrected chi connectivity index (χ0v) is 12.6. The first kappa shape index (κ1) is 14.7. The van der Waals surface area contributed by atoms with Crippen LogP contribution in [0, 0.1) is 0 Å². The number of carbonyl (C=O) groups is 1. The van der Waals surface area contributed by atoms with Gasteiger partial charge in [-0.05, 0) is 30.7 Å². The molecule has 0 fully saturated rings. The number of hydrogen-bond acceptors (Lipinski definition) is 3. The fourth-order valence-corrected chi connectivity index (χ4v) is 2.22. The second-order valence-corrected chi connectivity index (χ2v) is 5.48. The van der Waals surface area contributed by atoms with Crippen molar-refractivity contribution in [1.29, 1.82) is 0 Å². The summed E-state index contributed by atoms with van der Waals surface area (Å²) < 4.78 is 5.91. The molecule has 1 aromatic rings. The summed E-state index contributed by atoms with van der Waals surface area (Å²) >= 11 is 5.89. The van der Waals surface area contributed by atoms with E-state index in [1.54, 1.807) is 6.92 Å². The number of Topliss-reactive ketones (excluding diaryl/α,β-unsaturated/α-hetero) is 1. The molecule has 1 aliphatic rings. The lowest BCUT2D eigenvalue weighted by Gasteiger charge is -2.12. The Labute approximate surface area is 124 Å². The van der Waals surface area contributed by atoms with Crippen molar-refractivity contribution in [1.82, 2.24) is 4.90 Å². The normalized spacial score (nSPS) is 18.5. The SMILES string of the molecule is CC(=O)C1=C(/C=C/N(C)C)OC(c2ccc(Cl)cc2)C1. The molecule has 0 bridgehead atoms. The van der Waals surface area contributed by atoms with E-state index < -0.39 is 0 Å². The number of rotatable bonds is 4. The van der Waals surface area contributed by atoms with Gasteiger partial charge in [-0.1, -0.05) is 23.7 Å². The molecular weight excluding hydrogens is 274 g/mol. The van der Waals surface area contributed by atoms with Gasteiger partial charge < -0.3 is 9.64 Å². The van der Waals surface area contributed by atoms with Crippen LogP contribution < -0.4 is 0 Å². The maximum Gasteiger partial charge on any atom is 0.159 e. The molecule has 0 saturated carbocycles. The zero-order chi connectivity index (χ0) is 14.7. The van der Waals surface area contributed by atoms with Crippen LogP contribution >= 0.6 is 11.6 Å². The van der Waals surface area contributed by atoms with E-state index in [4.69, 9.17) is 16.3 Å². The summed E-state index contributed by atoms with van der Waals surface area (Å²) in [7, 11) is 3.85. The smallest absolute Gasteiger partial charge is 0.159 e. The van der Waals surface area contributed by atoms with Crippen molar-refractivity contribution in [3.05, 3.63) is 58.5 Å². The Morgan fingerprint density at radius 2 is 2.00 bits per heavy atom. The van der Waals surface area contributed by atoms with Gasteiger partial charge >= 0.3 is 0 Å². The van der Waals surface area contributed by atoms with Crippen LogP contribution in [0.2, 0.25) is 5.02 Å². The van der Waals surface area contributed by atoms with Crippen LogP contribution in [0.4, 0.5) is 0 Å². The van der Waals surface area contributed by atoms with Crippen LogP contribution in [0.3, 0.4) is 0 Å². The van der Waals surface area contributed by atoms with Crippen LogP contribution in [-0.4, -0.2) is 24.8 Å². The lowest BCUT2D eigenvalue weighted by molar-refractivity contribution is -0.113. The molecule has 106 valence electrons. The number of allylic oxidation sites excluding steroid dienone is 1. The van der Waals surface area contributed by atoms with E-state index in [0.717, 1.165) is 11.1 Å². The minimum absolute atomic E-state index is 0.0554. The Morgan fingerprint density at radius 1 is 1.35 bits per heavy atom. The molecule has 1 atom stereocenters. The molecule has 20 heavy (non-hydrogen) atoms. The van der Waals surface area contributed by atoms with Crippen molar-refractivity contribution in [2.75, 3.05) is 14.1 Å². The molecule has 1 aliphatic heterocycles. The Bertz CT molecular complexity index is 558. The lowest BCUT2D eigenvalue weighted by Crippen LogP contribution is -2.01. The third kappa shape index (κ3) is 3.42. The van der Waals surface area contributed by atoms with Gasteiger partial charge in [-0.2, -0.15) is 0 Å². The molecule has 3 nitrogen and oxygen atoms in total. The molecule has 0 aromatic heterocycles. The molecule has 0 aliphatic carbocycles. The van der Waals surface area contributed by atoms with E-state index in [1.807, 2.05) is 55.5 Å². The molecule has 1 aromatic carbocycles. The maximum absolute atomic E-state index is 11.7. The highest BCUT2D eigenvalue weighted by Crippen LogP contribution is 2.37. The van der Waals surface area contributed by atoms with Gasteiger partial charge in [-0.25, -0.2) is 0 Å². The standard InChI is InChI=1S/C16H18ClNO2/c1-11(19)14-10-16(12-4-6-13(17)7-5-12)20-15(14)8-9-18(2)3/h4-9,16H,10H2,1-3H3/b9-8+. The van der Waals surface area contributed by atoms with Crippen LogP contribution in [0.5, 0.6) is 0 Å². The molecule has 0 N–H and O–H groups in total. The molecule has 4 heteroatoms. The molecule has 1 heterocycles. The fraction of sp³-hybridized carbons (Fsp3) is 0.312. The highest BCUT2D eigenvalue weighted by atomic mass is 35.5. The Balaban J connectivity index is 2.20. The van der Waals surface area contributed by atoms with E-state index in [9.17, 15) is 4.79 Å². The summed E-state index contributed by atoms with van der Waals surface area (Å²) in [6, 6.07) is 7.54. The van der Waals surface area contributed by atoms with Crippen molar-refractivity contribution in [3.63, 3.8) is 0 Å². The average Bonchev–Trinajstić information content (AvgIpc) is 2.81. The topological polar surface area (TPSA) is 29.5 Å². The first-order valence-corrected chi connectivity index (χ1v) is 6.86.